The molecule has 3 aromatic carbocycles. The Morgan fingerprint density at radius 2 is 1.64 bits per heavy atom. The van der Waals surface area contributed by atoms with Crippen LogP contribution in [0.4, 0.5) is 0 Å². The first-order valence-electron chi connectivity index (χ1n) is 9.06. The van der Waals surface area contributed by atoms with E-state index >= 15 is 0 Å². The molecule has 0 fully saturated rings. The summed E-state index contributed by atoms with van der Waals surface area (Å²) in [4.78, 5) is 11.0. The van der Waals surface area contributed by atoms with Gasteiger partial charge in [-0.2, -0.15) is 4.73 Å². The monoisotopic (exact) mass is 392 g/mol. The number of ether oxygens (including phenoxy) is 1. The van der Waals surface area contributed by atoms with E-state index in [0.717, 1.165) is 33.7 Å². The van der Waals surface area contributed by atoms with E-state index in [-0.39, 0.29) is 0 Å². The summed E-state index contributed by atoms with van der Waals surface area (Å²) in [6.45, 7) is 4.61. The van der Waals surface area contributed by atoms with Crippen LogP contribution >= 0.6 is 11.6 Å². The van der Waals surface area contributed by atoms with E-state index in [1.54, 1.807) is 11.8 Å². The first kappa shape index (κ1) is 18.4. The molecule has 142 valence electrons. The van der Waals surface area contributed by atoms with Crippen molar-refractivity contribution < 1.29 is 9.57 Å². The summed E-state index contributed by atoms with van der Waals surface area (Å²) in [7, 11) is 1.65. The molecule has 1 heterocycles. The molecule has 0 radical (unpaired) electrons. The van der Waals surface area contributed by atoms with Gasteiger partial charge in [-0.05, 0) is 61.9 Å². The molecular weight excluding hydrogens is 372 g/mol. The standard InChI is InChI=1S/C23H21ClN2O2/c1-15-10-16(2)12-17(11-15)14-28-26-22-13-19(24)6-9-21(22)25-23(26)18-4-7-20(27-3)8-5-18/h4-13H,14H2,1-3H3. The van der Waals surface area contributed by atoms with E-state index in [4.69, 9.17) is 26.2 Å². The molecule has 4 nitrogen and oxygen atoms in total. The molecule has 5 heteroatoms. The summed E-state index contributed by atoms with van der Waals surface area (Å²) in [6, 6.07) is 19.8. The second-order valence-electron chi connectivity index (χ2n) is 6.86. The summed E-state index contributed by atoms with van der Waals surface area (Å²) < 4.78 is 7.03. The number of nitrogens with zero attached hydrogens (tertiary/aromatic N) is 2. The lowest BCUT2D eigenvalue weighted by molar-refractivity contribution is 0.110. The fourth-order valence-corrected chi connectivity index (χ4v) is 3.54. The topological polar surface area (TPSA) is 36.3 Å². The van der Waals surface area contributed by atoms with E-state index in [9.17, 15) is 0 Å². The van der Waals surface area contributed by atoms with Gasteiger partial charge in [0, 0.05) is 10.6 Å². The van der Waals surface area contributed by atoms with Crippen LogP contribution in [0.1, 0.15) is 16.7 Å². The number of benzene rings is 3. The maximum atomic E-state index is 6.23. The van der Waals surface area contributed by atoms with Crippen molar-refractivity contribution in [1.29, 1.82) is 0 Å². The van der Waals surface area contributed by atoms with Gasteiger partial charge in [-0.1, -0.05) is 40.9 Å². The Labute approximate surface area is 169 Å². The van der Waals surface area contributed by atoms with Crippen molar-refractivity contribution in [1.82, 2.24) is 9.71 Å². The molecule has 0 aliphatic rings. The third kappa shape index (κ3) is 3.69. The molecule has 0 unspecified atom stereocenters. The lowest BCUT2D eigenvalue weighted by Crippen LogP contribution is -2.13. The van der Waals surface area contributed by atoms with Crippen molar-refractivity contribution in [3.05, 3.63) is 82.4 Å². The highest BCUT2D eigenvalue weighted by atomic mass is 35.5. The van der Waals surface area contributed by atoms with Crippen LogP contribution < -0.4 is 9.57 Å². The predicted molar refractivity (Wildman–Crippen MR) is 113 cm³/mol. The van der Waals surface area contributed by atoms with Gasteiger partial charge in [0.2, 0.25) is 0 Å². The van der Waals surface area contributed by atoms with Crippen molar-refractivity contribution in [2.24, 2.45) is 0 Å². The number of methoxy groups -OCH3 is 1. The Balaban J connectivity index is 1.76. The average molecular weight is 393 g/mol. The van der Waals surface area contributed by atoms with Gasteiger partial charge in [0.25, 0.3) is 0 Å². The average Bonchev–Trinajstić information content (AvgIpc) is 3.03. The lowest BCUT2D eigenvalue weighted by atomic mass is 10.1. The Kier molecular flexibility index (Phi) is 4.97. The number of hydrogen-bond donors (Lipinski definition) is 0. The summed E-state index contributed by atoms with van der Waals surface area (Å²) in [5, 5.41) is 0.643. The van der Waals surface area contributed by atoms with Crippen LogP contribution in [0.25, 0.3) is 22.4 Å². The Morgan fingerprint density at radius 3 is 2.32 bits per heavy atom. The quantitative estimate of drug-likeness (QED) is 0.443. The summed E-state index contributed by atoms with van der Waals surface area (Å²) in [5.74, 6) is 1.52. The van der Waals surface area contributed by atoms with Crippen LogP contribution in [0.3, 0.4) is 0 Å². The Hall–Kier alpha value is -2.98. The molecule has 0 atom stereocenters. The first-order chi connectivity index (χ1) is 13.5. The highest BCUT2D eigenvalue weighted by molar-refractivity contribution is 6.31. The van der Waals surface area contributed by atoms with Gasteiger partial charge in [0.1, 0.15) is 17.9 Å². The molecular formula is C23H21ClN2O2. The molecule has 0 spiro atoms. The Bertz CT molecular complexity index is 1110. The second-order valence-corrected chi connectivity index (χ2v) is 7.30. The van der Waals surface area contributed by atoms with Gasteiger partial charge in [0.05, 0.1) is 12.6 Å². The van der Waals surface area contributed by atoms with Gasteiger partial charge >= 0.3 is 0 Å². The number of hydrogen-bond acceptors (Lipinski definition) is 3. The van der Waals surface area contributed by atoms with E-state index < -0.39 is 0 Å². The van der Waals surface area contributed by atoms with Crippen LogP contribution in [0.15, 0.2) is 60.7 Å². The van der Waals surface area contributed by atoms with Crippen LogP contribution in [0.5, 0.6) is 5.75 Å². The van der Waals surface area contributed by atoms with Crippen LogP contribution in [0, 0.1) is 13.8 Å². The van der Waals surface area contributed by atoms with E-state index in [1.165, 1.54) is 11.1 Å². The van der Waals surface area contributed by atoms with E-state index in [1.807, 2.05) is 42.5 Å². The highest BCUT2D eigenvalue weighted by Gasteiger charge is 2.15. The SMILES string of the molecule is COc1ccc(-c2nc3ccc(Cl)cc3n2OCc2cc(C)cc(C)c2)cc1. The minimum atomic E-state index is 0.434. The van der Waals surface area contributed by atoms with Gasteiger partial charge in [-0.15, -0.1) is 0 Å². The smallest absolute Gasteiger partial charge is 0.176 e. The summed E-state index contributed by atoms with van der Waals surface area (Å²) >= 11 is 6.23. The zero-order valence-electron chi connectivity index (χ0n) is 16.1. The number of aryl methyl sites for hydroxylation is 2. The van der Waals surface area contributed by atoms with Crippen LogP contribution in [0.2, 0.25) is 5.02 Å². The second kappa shape index (κ2) is 7.56. The fraction of sp³-hybridized carbons (Fsp3) is 0.174. The molecule has 0 aliphatic heterocycles. The zero-order valence-corrected chi connectivity index (χ0v) is 16.8. The van der Waals surface area contributed by atoms with E-state index in [0.29, 0.717) is 11.6 Å². The minimum absolute atomic E-state index is 0.434. The number of imidazole rings is 1. The van der Waals surface area contributed by atoms with Crippen molar-refractivity contribution >= 4 is 22.6 Å². The highest BCUT2D eigenvalue weighted by Crippen LogP contribution is 2.27. The molecule has 0 saturated carbocycles. The maximum absolute atomic E-state index is 6.23. The molecule has 4 rings (SSSR count). The van der Waals surface area contributed by atoms with Crippen LogP contribution in [-0.2, 0) is 6.61 Å². The minimum Gasteiger partial charge on any atom is -0.497 e. The zero-order chi connectivity index (χ0) is 19.7. The maximum Gasteiger partial charge on any atom is 0.176 e. The normalized spacial score (nSPS) is 11.0. The molecule has 0 amide bonds. The predicted octanol–water partition coefficient (Wildman–Crippen LogP) is 5.61. The largest absolute Gasteiger partial charge is 0.497 e. The Morgan fingerprint density at radius 1 is 0.929 bits per heavy atom. The molecule has 28 heavy (non-hydrogen) atoms. The van der Waals surface area contributed by atoms with E-state index in [2.05, 4.69) is 32.0 Å². The van der Waals surface area contributed by atoms with Crippen LogP contribution in [-0.4, -0.2) is 16.8 Å². The number of aromatic nitrogens is 2. The number of fused-ring (bicyclic) bond motifs is 1. The first-order valence-corrected chi connectivity index (χ1v) is 9.44. The molecule has 0 N–H and O–H groups in total. The summed E-state index contributed by atoms with van der Waals surface area (Å²) in [6.07, 6.45) is 0. The number of rotatable bonds is 5. The third-order valence-corrected chi connectivity index (χ3v) is 4.80. The molecule has 0 bridgehead atoms. The number of halogens is 1. The van der Waals surface area contributed by atoms with Crippen molar-refractivity contribution in [2.75, 3.05) is 7.11 Å². The molecule has 1 aromatic heterocycles. The van der Waals surface area contributed by atoms with Crippen molar-refractivity contribution in [3.8, 4) is 17.1 Å². The van der Waals surface area contributed by atoms with Gasteiger partial charge in [-0.25, -0.2) is 4.98 Å². The van der Waals surface area contributed by atoms with Gasteiger partial charge < -0.3 is 9.57 Å². The van der Waals surface area contributed by atoms with Crippen molar-refractivity contribution in [2.45, 2.75) is 20.5 Å². The molecule has 0 aliphatic carbocycles. The van der Waals surface area contributed by atoms with Gasteiger partial charge in [0.15, 0.2) is 5.82 Å². The lowest BCUT2D eigenvalue weighted by Gasteiger charge is -2.12. The van der Waals surface area contributed by atoms with Crippen molar-refractivity contribution in [3.63, 3.8) is 0 Å². The molecule has 4 aromatic rings. The fourth-order valence-electron chi connectivity index (χ4n) is 3.37. The molecule has 0 saturated heterocycles. The third-order valence-electron chi connectivity index (χ3n) is 4.56. The van der Waals surface area contributed by atoms with Gasteiger partial charge in [-0.3, -0.25) is 0 Å². The summed E-state index contributed by atoms with van der Waals surface area (Å²) in [5.41, 5.74) is 6.15.